The van der Waals surface area contributed by atoms with Crippen LogP contribution in [0.3, 0.4) is 0 Å². The number of anilines is 2. The average molecular weight is 535 g/mol. The Bertz CT molecular complexity index is 1500. The molecule has 9 heteroatoms. The van der Waals surface area contributed by atoms with E-state index in [0.717, 1.165) is 55.4 Å². The van der Waals surface area contributed by atoms with Gasteiger partial charge < -0.3 is 15.6 Å². The largest absolute Gasteiger partial charge is 0.419 e. The zero-order valence-electron chi connectivity index (χ0n) is 22.4. The summed E-state index contributed by atoms with van der Waals surface area (Å²) in [7, 11) is 0. The standard InChI is InChI=1S/C30H33F3N6/c1-17-4-7-24-25(12-34-27(24)8-17)28-26(30(31,32)33)13-35-29(38-28)37-23-10-20(9-22(11-23)21-5-6-21)16-39-14-18(2)36-19(3)15-39/h4,7-13,18-19,21,34,36H,5-6,14-16H2,1-3H3,(H,35,37,38)/t18-,19+. The molecular weight excluding hydrogens is 501 g/mol. The summed E-state index contributed by atoms with van der Waals surface area (Å²) >= 11 is 0. The summed E-state index contributed by atoms with van der Waals surface area (Å²) in [6.07, 6.45) is 0.204. The van der Waals surface area contributed by atoms with Crippen molar-refractivity contribution in [2.24, 2.45) is 0 Å². The molecule has 1 saturated carbocycles. The molecule has 0 amide bonds. The molecule has 3 N–H and O–H groups in total. The molecule has 2 aromatic heterocycles. The number of nitrogens with one attached hydrogen (secondary N) is 3. The Balaban J connectivity index is 1.34. The van der Waals surface area contributed by atoms with Crippen molar-refractivity contribution in [2.75, 3.05) is 18.4 Å². The number of nitrogens with zero attached hydrogens (tertiary/aromatic N) is 3. The van der Waals surface area contributed by atoms with Crippen molar-refractivity contribution in [2.45, 2.75) is 64.3 Å². The van der Waals surface area contributed by atoms with Gasteiger partial charge in [-0.15, -0.1) is 0 Å². The third-order valence-corrected chi connectivity index (χ3v) is 7.55. The van der Waals surface area contributed by atoms with Gasteiger partial charge in [0.15, 0.2) is 0 Å². The summed E-state index contributed by atoms with van der Waals surface area (Å²) in [5, 5.41) is 7.49. The highest BCUT2D eigenvalue weighted by Crippen LogP contribution is 2.42. The van der Waals surface area contributed by atoms with Crippen LogP contribution in [0.4, 0.5) is 24.8 Å². The lowest BCUT2D eigenvalue weighted by Gasteiger charge is -2.36. The van der Waals surface area contributed by atoms with Crippen molar-refractivity contribution in [1.82, 2.24) is 25.2 Å². The predicted octanol–water partition coefficient (Wildman–Crippen LogP) is 6.76. The van der Waals surface area contributed by atoms with Crippen LogP contribution in [-0.2, 0) is 12.7 Å². The van der Waals surface area contributed by atoms with E-state index in [2.05, 4.69) is 62.5 Å². The number of halogens is 3. The second kappa shape index (κ2) is 9.95. The minimum absolute atomic E-state index is 0.141. The molecule has 0 unspecified atom stereocenters. The summed E-state index contributed by atoms with van der Waals surface area (Å²) in [6.45, 7) is 9.10. The van der Waals surface area contributed by atoms with Crippen LogP contribution in [0.1, 0.15) is 54.9 Å². The van der Waals surface area contributed by atoms with Gasteiger partial charge in [-0.2, -0.15) is 13.2 Å². The van der Waals surface area contributed by atoms with Crippen molar-refractivity contribution >= 4 is 22.5 Å². The van der Waals surface area contributed by atoms with Crippen LogP contribution >= 0.6 is 0 Å². The topological polar surface area (TPSA) is 68.9 Å². The zero-order chi connectivity index (χ0) is 27.3. The number of fused-ring (bicyclic) bond motifs is 1. The van der Waals surface area contributed by atoms with Gasteiger partial charge in [0.25, 0.3) is 0 Å². The maximum Gasteiger partial charge on any atom is 0.419 e. The predicted molar refractivity (Wildman–Crippen MR) is 148 cm³/mol. The Kier molecular flexibility index (Phi) is 6.59. The lowest BCUT2D eigenvalue weighted by molar-refractivity contribution is -0.137. The van der Waals surface area contributed by atoms with Gasteiger partial charge in [0.05, 0.1) is 5.69 Å². The molecule has 2 aliphatic rings. The lowest BCUT2D eigenvalue weighted by atomic mass is 10.0. The number of hydrogen-bond donors (Lipinski definition) is 3. The van der Waals surface area contributed by atoms with E-state index < -0.39 is 11.7 Å². The van der Waals surface area contributed by atoms with Crippen LogP contribution in [-0.4, -0.2) is 45.0 Å². The normalized spacial score (nSPS) is 20.5. The van der Waals surface area contributed by atoms with E-state index in [0.29, 0.717) is 29.0 Å². The van der Waals surface area contributed by atoms with E-state index in [1.54, 1.807) is 6.20 Å². The van der Waals surface area contributed by atoms with E-state index in [9.17, 15) is 13.2 Å². The third kappa shape index (κ3) is 5.65. The summed E-state index contributed by atoms with van der Waals surface area (Å²) in [6, 6.07) is 12.9. The molecule has 204 valence electrons. The number of aryl methyl sites for hydroxylation is 1. The molecule has 2 aromatic carbocycles. The van der Waals surface area contributed by atoms with E-state index >= 15 is 0 Å². The molecule has 2 atom stereocenters. The van der Waals surface area contributed by atoms with Crippen LogP contribution < -0.4 is 10.6 Å². The molecule has 4 aromatic rings. The van der Waals surface area contributed by atoms with Gasteiger partial charge in [0.1, 0.15) is 5.56 Å². The lowest BCUT2D eigenvalue weighted by Crippen LogP contribution is -2.53. The van der Waals surface area contributed by atoms with Crippen molar-refractivity contribution < 1.29 is 13.2 Å². The van der Waals surface area contributed by atoms with Gasteiger partial charge in [-0.05, 0) is 74.4 Å². The summed E-state index contributed by atoms with van der Waals surface area (Å²) < 4.78 is 42.1. The summed E-state index contributed by atoms with van der Waals surface area (Å²) in [5.74, 6) is 0.674. The first-order valence-electron chi connectivity index (χ1n) is 13.5. The van der Waals surface area contributed by atoms with Crippen molar-refractivity contribution in [3.05, 3.63) is 71.0 Å². The van der Waals surface area contributed by atoms with Gasteiger partial charge in [0, 0.05) is 66.3 Å². The Labute approximate surface area is 226 Å². The Morgan fingerprint density at radius 3 is 2.54 bits per heavy atom. The Morgan fingerprint density at radius 1 is 1.05 bits per heavy atom. The van der Waals surface area contributed by atoms with Gasteiger partial charge in [-0.3, -0.25) is 4.90 Å². The van der Waals surface area contributed by atoms with E-state index in [-0.39, 0.29) is 11.6 Å². The Morgan fingerprint density at radius 2 is 1.82 bits per heavy atom. The molecule has 0 spiro atoms. The van der Waals surface area contributed by atoms with Crippen LogP contribution in [0.15, 0.2) is 48.8 Å². The average Bonchev–Trinajstić information content (AvgIpc) is 3.62. The number of rotatable bonds is 6. The van der Waals surface area contributed by atoms with Gasteiger partial charge >= 0.3 is 6.18 Å². The summed E-state index contributed by atoms with van der Waals surface area (Å²) in [4.78, 5) is 14.1. The van der Waals surface area contributed by atoms with Crippen molar-refractivity contribution in [1.29, 1.82) is 0 Å². The maximum absolute atomic E-state index is 14.0. The fraction of sp³-hybridized carbons (Fsp3) is 0.400. The molecule has 1 aliphatic carbocycles. The zero-order valence-corrected chi connectivity index (χ0v) is 22.4. The third-order valence-electron chi connectivity index (χ3n) is 7.55. The van der Waals surface area contributed by atoms with Crippen LogP contribution in [0, 0.1) is 6.92 Å². The number of aromatic nitrogens is 3. The number of alkyl halides is 3. The van der Waals surface area contributed by atoms with Gasteiger partial charge in [-0.25, -0.2) is 9.97 Å². The quantitative estimate of drug-likeness (QED) is 0.255. The van der Waals surface area contributed by atoms with Crippen LogP contribution in [0.2, 0.25) is 0 Å². The van der Waals surface area contributed by atoms with E-state index in [1.807, 2.05) is 25.1 Å². The molecule has 3 heterocycles. The highest BCUT2D eigenvalue weighted by atomic mass is 19.4. The number of aromatic amines is 1. The number of hydrogen-bond acceptors (Lipinski definition) is 5. The molecule has 1 saturated heterocycles. The Hall–Kier alpha value is -3.43. The fourth-order valence-corrected chi connectivity index (χ4v) is 5.78. The second-order valence-corrected chi connectivity index (χ2v) is 11.2. The van der Waals surface area contributed by atoms with Gasteiger partial charge in [-0.1, -0.05) is 18.2 Å². The molecule has 39 heavy (non-hydrogen) atoms. The molecule has 0 bridgehead atoms. The highest BCUT2D eigenvalue weighted by Gasteiger charge is 2.36. The molecule has 6 rings (SSSR count). The molecule has 2 fully saturated rings. The number of H-pyrrole nitrogens is 1. The minimum Gasteiger partial charge on any atom is -0.360 e. The number of benzene rings is 2. The molecule has 6 nitrogen and oxygen atoms in total. The van der Waals surface area contributed by atoms with Gasteiger partial charge in [0.2, 0.25) is 5.95 Å². The second-order valence-electron chi connectivity index (χ2n) is 11.2. The monoisotopic (exact) mass is 534 g/mol. The smallest absolute Gasteiger partial charge is 0.360 e. The first kappa shape index (κ1) is 25.8. The van der Waals surface area contributed by atoms with Crippen molar-refractivity contribution in [3.63, 3.8) is 0 Å². The first-order valence-corrected chi connectivity index (χ1v) is 13.5. The summed E-state index contributed by atoms with van der Waals surface area (Å²) in [5.41, 5.74) is 4.43. The number of piperazine rings is 1. The first-order chi connectivity index (χ1) is 18.6. The van der Waals surface area contributed by atoms with Crippen LogP contribution in [0.25, 0.3) is 22.2 Å². The van der Waals surface area contributed by atoms with E-state index in [4.69, 9.17) is 0 Å². The van der Waals surface area contributed by atoms with Crippen molar-refractivity contribution in [3.8, 4) is 11.3 Å². The maximum atomic E-state index is 14.0. The SMILES string of the molecule is Cc1ccc2c(-c3nc(Nc4cc(CN5C[C@@H](C)N[C@@H](C)C5)cc(C5CC5)c4)ncc3C(F)(F)F)c[nH]c2c1. The highest BCUT2D eigenvalue weighted by molar-refractivity contribution is 5.95. The fourth-order valence-electron chi connectivity index (χ4n) is 5.78. The van der Waals surface area contributed by atoms with Crippen LogP contribution in [0.5, 0.6) is 0 Å². The molecule has 1 aliphatic heterocycles. The minimum atomic E-state index is -4.58. The molecule has 0 radical (unpaired) electrons. The molecular formula is C30H33F3N6. The van der Waals surface area contributed by atoms with E-state index in [1.165, 1.54) is 11.1 Å².